The summed E-state index contributed by atoms with van der Waals surface area (Å²) in [5.41, 5.74) is 2.22. The summed E-state index contributed by atoms with van der Waals surface area (Å²) in [6, 6.07) is 1.34. The molecule has 0 saturated heterocycles. The van der Waals surface area contributed by atoms with E-state index in [1.807, 2.05) is 0 Å². The second kappa shape index (κ2) is 6.31. The standard InChI is InChI=1S/C9H10Cl2F3N3O/c10-5-4-6(11)8(16-7(5)17-15)18-3-1-2-9(12,13)14/h4H,1-3,15H2,(H,16,17). The molecule has 1 heterocycles. The third kappa shape index (κ3) is 4.75. The predicted octanol–water partition coefficient (Wildman–Crippen LogP) is 3.40. The SMILES string of the molecule is NNc1nc(OCCCC(F)(F)F)c(Cl)cc1Cl. The van der Waals surface area contributed by atoms with E-state index in [4.69, 9.17) is 33.8 Å². The Labute approximate surface area is 111 Å². The van der Waals surface area contributed by atoms with Crippen molar-refractivity contribution in [1.29, 1.82) is 0 Å². The highest BCUT2D eigenvalue weighted by atomic mass is 35.5. The maximum Gasteiger partial charge on any atom is 0.389 e. The predicted molar refractivity (Wildman–Crippen MR) is 62.9 cm³/mol. The zero-order valence-electron chi connectivity index (χ0n) is 9.02. The van der Waals surface area contributed by atoms with E-state index in [2.05, 4.69) is 10.4 Å². The topological polar surface area (TPSA) is 60.2 Å². The Bertz CT molecular complexity index is 415. The van der Waals surface area contributed by atoms with Gasteiger partial charge >= 0.3 is 6.18 Å². The molecule has 1 rings (SSSR count). The molecule has 0 bridgehead atoms. The minimum absolute atomic E-state index is 0.0174. The number of aromatic nitrogens is 1. The van der Waals surface area contributed by atoms with Crippen LogP contribution in [-0.4, -0.2) is 17.8 Å². The van der Waals surface area contributed by atoms with Crippen LogP contribution in [-0.2, 0) is 0 Å². The van der Waals surface area contributed by atoms with Crippen LogP contribution in [0.15, 0.2) is 6.07 Å². The van der Waals surface area contributed by atoms with Crippen LogP contribution in [0.3, 0.4) is 0 Å². The highest BCUT2D eigenvalue weighted by Gasteiger charge is 2.26. The summed E-state index contributed by atoms with van der Waals surface area (Å²) in [5.74, 6) is 5.25. The minimum Gasteiger partial charge on any atom is -0.477 e. The molecule has 4 nitrogen and oxygen atoms in total. The molecular weight excluding hydrogens is 294 g/mol. The minimum atomic E-state index is -4.20. The lowest BCUT2D eigenvalue weighted by Crippen LogP contribution is -2.12. The molecule has 1 aromatic heterocycles. The number of halogens is 5. The number of alkyl halides is 3. The Morgan fingerprint density at radius 3 is 2.56 bits per heavy atom. The highest BCUT2D eigenvalue weighted by Crippen LogP contribution is 2.30. The van der Waals surface area contributed by atoms with Gasteiger partial charge < -0.3 is 10.2 Å². The molecule has 1 aromatic rings. The van der Waals surface area contributed by atoms with Gasteiger partial charge in [-0.2, -0.15) is 18.2 Å². The maximum atomic E-state index is 11.9. The van der Waals surface area contributed by atoms with Gasteiger partial charge in [-0.25, -0.2) is 5.84 Å². The summed E-state index contributed by atoms with van der Waals surface area (Å²) < 4.78 is 40.7. The number of anilines is 1. The van der Waals surface area contributed by atoms with Gasteiger partial charge in [0.2, 0.25) is 5.88 Å². The summed E-state index contributed by atoms with van der Waals surface area (Å²) in [7, 11) is 0. The molecule has 0 spiro atoms. The number of nitrogens with one attached hydrogen (secondary N) is 1. The van der Waals surface area contributed by atoms with Crippen molar-refractivity contribution in [3.63, 3.8) is 0 Å². The monoisotopic (exact) mass is 303 g/mol. The molecule has 0 amide bonds. The van der Waals surface area contributed by atoms with E-state index in [1.54, 1.807) is 0 Å². The fraction of sp³-hybridized carbons (Fsp3) is 0.444. The third-order valence-electron chi connectivity index (χ3n) is 1.88. The Hall–Kier alpha value is -0.920. The lowest BCUT2D eigenvalue weighted by atomic mass is 10.3. The molecule has 0 unspecified atom stereocenters. The average molecular weight is 304 g/mol. The number of nitrogens with two attached hydrogens (primary N) is 1. The molecule has 3 N–H and O–H groups in total. The van der Waals surface area contributed by atoms with Gasteiger partial charge in [-0.1, -0.05) is 23.2 Å². The first-order valence-corrected chi connectivity index (χ1v) is 5.61. The first kappa shape index (κ1) is 15.1. The first-order valence-electron chi connectivity index (χ1n) is 4.85. The lowest BCUT2D eigenvalue weighted by Gasteiger charge is -2.10. The second-order valence-electron chi connectivity index (χ2n) is 3.32. The van der Waals surface area contributed by atoms with Crippen LogP contribution in [0.4, 0.5) is 19.0 Å². The lowest BCUT2D eigenvalue weighted by molar-refractivity contribution is -0.136. The van der Waals surface area contributed by atoms with Gasteiger partial charge in [0.05, 0.1) is 11.6 Å². The van der Waals surface area contributed by atoms with Gasteiger partial charge in [-0.15, -0.1) is 0 Å². The van der Waals surface area contributed by atoms with Crippen molar-refractivity contribution in [2.24, 2.45) is 5.84 Å². The summed E-state index contributed by atoms with van der Waals surface area (Å²) in [4.78, 5) is 3.82. The molecule has 0 fully saturated rings. The zero-order valence-corrected chi connectivity index (χ0v) is 10.5. The van der Waals surface area contributed by atoms with Crippen LogP contribution < -0.4 is 16.0 Å². The van der Waals surface area contributed by atoms with Crippen molar-refractivity contribution in [2.45, 2.75) is 19.0 Å². The number of hydrogen-bond acceptors (Lipinski definition) is 4. The normalized spacial score (nSPS) is 11.4. The van der Waals surface area contributed by atoms with Crippen molar-refractivity contribution in [1.82, 2.24) is 4.98 Å². The van der Waals surface area contributed by atoms with Gasteiger partial charge in [-0.3, -0.25) is 0 Å². The molecule has 0 radical (unpaired) electrons. The van der Waals surface area contributed by atoms with Gasteiger partial charge in [0, 0.05) is 6.42 Å². The molecule has 0 aliphatic rings. The number of hydrogen-bond donors (Lipinski definition) is 2. The smallest absolute Gasteiger partial charge is 0.389 e. The molecule has 102 valence electrons. The van der Waals surface area contributed by atoms with E-state index in [9.17, 15) is 13.2 Å². The Morgan fingerprint density at radius 2 is 2.00 bits per heavy atom. The van der Waals surface area contributed by atoms with Crippen LogP contribution in [0.1, 0.15) is 12.8 Å². The molecule has 0 saturated carbocycles. The first-order chi connectivity index (χ1) is 8.33. The van der Waals surface area contributed by atoms with Crippen molar-refractivity contribution in [2.75, 3.05) is 12.0 Å². The molecule has 18 heavy (non-hydrogen) atoms. The molecule has 9 heteroatoms. The van der Waals surface area contributed by atoms with Gasteiger partial charge in [0.15, 0.2) is 5.82 Å². The number of hydrazine groups is 1. The molecule has 0 aromatic carbocycles. The Kier molecular flexibility index (Phi) is 5.30. The van der Waals surface area contributed by atoms with Crippen LogP contribution in [0.2, 0.25) is 10.0 Å². The summed E-state index contributed by atoms with van der Waals surface area (Å²) in [5, 5.41) is 0.288. The van der Waals surface area contributed by atoms with Crippen molar-refractivity contribution in [3.05, 3.63) is 16.1 Å². The highest BCUT2D eigenvalue weighted by molar-refractivity contribution is 6.36. The third-order valence-corrected chi connectivity index (χ3v) is 2.44. The van der Waals surface area contributed by atoms with Crippen molar-refractivity contribution >= 4 is 29.0 Å². The number of pyridine rings is 1. The van der Waals surface area contributed by atoms with Crippen molar-refractivity contribution < 1.29 is 17.9 Å². The van der Waals surface area contributed by atoms with Crippen LogP contribution >= 0.6 is 23.2 Å². The van der Waals surface area contributed by atoms with E-state index >= 15 is 0 Å². The molecule has 0 aliphatic heterocycles. The Morgan fingerprint density at radius 1 is 1.33 bits per heavy atom. The van der Waals surface area contributed by atoms with Crippen molar-refractivity contribution in [3.8, 4) is 5.88 Å². The second-order valence-corrected chi connectivity index (χ2v) is 4.13. The maximum absolute atomic E-state index is 11.9. The number of nitrogens with zero attached hydrogens (tertiary/aromatic N) is 1. The summed E-state index contributed by atoms with van der Waals surface area (Å²) in [6.45, 7) is -0.155. The van der Waals surface area contributed by atoms with E-state index in [0.717, 1.165) is 0 Å². The van der Waals surface area contributed by atoms with Gasteiger partial charge in [0.1, 0.15) is 5.02 Å². The Balaban J connectivity index is 2.57. The number of nitrogen functional groups attached to an aromatic ring is 1. The molecular formula is C9H10Cl2F3N3O. The van der Waals surface area contributed by atoms with Crippen LogP contribution in [0, 0.1) is 0 Å². The molecule has 0 atom stereocenters. The van der Waals surface area contributed by atoms with Gasteiger partial charge in [0.25, 0.3) is 0 Å². The average Bonchev–Trinajstić information content (AvgIpc) is 2.25. The quantitative estimate of drug-likeness (QED) is 0.497. The number of ether oxygens (including phenoxy) is 1. The van der Waals surface area contributed by atoms with Gasteiger partial charge in [-0.05, 0) is 12.5 Å². The van der Waals surface area contributed by atoms with E-state index < -0.39 is 12.6 Å². The molecule has 0 aliphatic carbocycles. The van der Waals surface area contributed by atoms with E-state index in [0.29, 0.717) is 0 Å². The van der Waals surface area contributed by atoms with E-state index in [1.165, 1.54) is 6.07 Å². The zero-order chi connectivity index (χ0) is 13.8. The fourth-order valence-corrected chi connectivity index (χ4v) is 1.56. The summed E-state index contributed by atoms with van der Waals surface area (Å²) in [6.07, 6.45) is -5.32. The largest absolute Gasteiger partial charge is 0.477 e. The number of rotatable bonds is 5. The van der Waals surface area contributed by atoms with Crippen LogP contribution in [0.25, 0.3) is 0 Å². The van der Waals surface area contributed by atoms with Crippen LogP contribution in [0.5, 0.6) is 5.88 Å². The summed E-state index contributed by atoms with van der Waals surface area (Å²) >= 11 is 11.5. The van der Waals surface area contributed by atoms with E-state index in [-0.39, 0.29) is 34.8 Å². The fourth-order valence-electron chi connectivity index (χ4n) is 1.09.